The molecule has 0 fully saturated rings. The molecule has 0 saturated heterocycles. The lowest BCUT2D eigenvalue weighted by Gasteiger charge is -2.03. The van der Waals surface area contributed by atoms with Crippen LogP contribution < -0.4 is 5.73 Å². The van der Waals surface area contributed by atoms with Crippen LogP contribution in [0.2, 0.25) is 0 Å². The van der Waals surface area contributed by atoms with E-state index < -0.39 is 0 Å². The second-order valence-corrected chi connectivity index (χ2v) is 4.72. The molecule has 4 heteroatoms. The highest BCUT2D eigenvalue weighted by Gasteiger charge is 2.05. The number of hydrogen-bond donors (Lipinski definition) is 2. The van der Waals surface area contributed by atoms with Crippen LogP contribution in [-0.2, 0) is 12.8 Å². The summed E-state index contributed by atoms with van der Waals surface area (Å²) in [6, 6.07) is 12.1. The molecular weight excluding hydrogens is 236 g/mol. The summed E-state index contributed by atoms with van der Waals surface area (Å²) in [5, 5.41) is 0. The minimum Gasteiger partial charge on any atom is -0.384 e. The molecular formula is C15H16N4. The number of imidazole rings is 1. The number of anilines is 1. The largest absolute Gasteiger partial charge is 0.384 e. The SMILES string of the molecule is Cc1ccccc1CCc1nc2nc(N)ccc2[nH]1. The van der Waals surface area contributed by atoms with Crippen molar-refractivity contribution in [2.45, 2.75) is 19.8 Å². The molecule has 4 nitrogen and oxygen atoms in total. The van der Waals surface area contributed by atoms with Gasteiger partial charge in [-0.05, 0) is 36.6 Å². The highest BCUT2D eigenvalue weighted by Crippen LogP contribution is 2.14. The highest BCUT2D eigenvalue weighted by molar-refractivity contribution is 5.72. The van der Waals surface area contributed by atoms with E-state index in [1.807, 2.05) is 6.07 Å². The number of nitrogens with zero attached hydrogens (tertiary/aromatic N) is 2. The maximum atomic E-state index is 5.65. The molecule has 0 atom stereocenters. The predicted molar refractivity (Wildman–Crippen MR) is 76.9 cm³/mol. The van der Waals surface area contributed by atoms with Crippen molar-refractivity contribution in [3.63, 3.8) is 0 Å². The number of aryl methyl sites for hydroxylation is 3. The van der Waals surface area contributed by atoms with E-state index in [2.05, 4.69) is 46.1 Å². The summed E-state index contributed by atoms with van der Waals surface area (Å²) in [5.74, 6) is 1.46. The van der Waals surface area contributed by atoms with E-state index in [0.29, 0.717) is 11.5 Å². The van der Waals surface area contributed by atoms with Gasteiger partial charge in [-0.2, -0.15) is 0 Å². The van der Waals surface area contributed by atoms with Gasteiger partial charge in [-0.15, -0.1) is 0 Å². The lowest BCUT2D eigenvalue weighted by Crippen LogP contribution is -1.95. The average Bonchev–Trinajstić information content (AvgIpc) is 2.79. The number of aromatic amines is 1. The molecule has 1 aromatic carbocycles. The van der Waals surface area contributed by atoms with Crippen molar-refractivity contribution < 1.29 is 0 Å². The Morgan fingerprint density at radius 1 is 1.05 bits per heavy atom. The summed E-state index contributed by atoms with van der Waals surface area (Å²) >= 11 is 0. The number of aromatic nitrogens is 3. The van der Waals surface area contributed by atoms with Crippen molar-refractivity contribution in [1.82, 2.24) is 15.0 Å². The highest BCUT2D eigenvalue weighted by atomic mass is 15.0. The third-order valence-corrected chi connectivity index (χ3v) is 3.31. The number of pyridine rings is 1. The van der Waals surface area contributed by atoms with Crippen LogP contribution in [-0.4, -0.2) is 15.0 Å². The number of fused-ring (bicyclic) bond motifs is 1. The van der Waals surface area contributed by atoms with E-state index in [1.165, 1.54) is 11.1 Å². The first-order valence-corrected chi connectivity index (χ1v) is 6.38. The first-order valence-electron chi connectivity index (χ1n) is 6.38. The van der Waals surface area contributed by atoms with Crippen LogP contribution in [0.3, 0.4) is 0 Å². The Morgan fingerprint density at radius 2 is 1.89 bits per heavy atom. The standard InChI is InChI=1S/C15H16N4/c1-10-4-2-3-5-11(10)6-9-14-17-12-7-8-13(16)18-15(12)19-14/h2-5,7-8H,6,9H2,1H3,(H3,16,17,18,19). The van der Waals surface area contributed by atoms with Crippen molar-refractivity contribution >= 4 is 17.0 Å². The zero-order valence-corrected chi connectivity index (χ0v) is 10.9. The van der Waals surface area contributed by atoms with Gasteiger partial charge >= 0.3 is 0 Å². The summed E-state index contributed by atoms with van der Waals surface area (Å²) in [5.41, 5.74) is 9.96. The number of benzene rings is 1. The molecule has 2 heterocycles. The summed E-state index contributed by atoms with van der Waals surface area (Å²) < 4.78 is 0. The van der Waals surface area contributed by atoms with Gasteiger partial charge in [0.05, 0.1) is 5.52 Å². The number of nitrogens with one attached hydrogen (secondary N) is 1. The van der Waals surface area contributed by atoms with E-state index in [0.717, 1.165) is 24.2 Å². The lowest BCUT2D eigenvalue weighted by atomic mass is 10.0. The van der Waals surface area contributed by atoms with Crippen molar-refractivity contribution in [3.8, 4) is 0 Å². The van der Waals surface area contributed by atoms with Gasteiger partial charge in [0.2, 0.25) is 0 Å². The fourth-order valence-corrected chi connectivity index (χ4v) is 2.22. The molecule has 96 valence electrons. The molecule has 0 aliphatic rings. The first-order chi connectivity index (χ1) is 9.22. The number of nitrogen functional groups attached to an aromatic ring is 1. The van der Waals surface area contributed by atoms with Crippen LogP contribution in [0.5, 0.6) is 0 Å². The Kier molecular flexibility index (Phi) is 2.91. The molecule has 0 aliphatic carbocycles. The molecule has 0 amide bonds. The zero-order valence-electron chi connectivity index (χ0n) is 10.9. The van der Waals surface area contributed by atoms with Gasteiger partial charge in [0.15, 0.2) is 5.65 Å². The summed E-state index contributed by atoms with van der Waals surface area (Å²) in [6.45, 7) is 2.14. The third kappa shape index (κ3) is 2.42. The van der Waals surface area contributed by atoms with Gasteiger partial charge < -0.3 is 10.7 Å². The fourth-order valence-electron chi connectivity index (χ4n) is 2.22. The zero-order chi connectivity index (χ0) is 13.2. The van der Waals surface area contributed by atoms with E-state index >= 15 is 0 Å². The molecule has 3 rings (SSSR count). The molecule has 0 radical (unpaired) electrons. The Balaban J connectivity index is 1.80. The lowest BCUT2D eigenvalue weighted by molar-refractivity contribution is 0.883. The Bertz CT molecular complexity index is 715. The molecule has 0 unspecified atom stereocenters. The molecule has 2 aromatic heterocycles. The van der Waals surface area contributed by atoms with Gasteiger partial charge in [-0.3, -0.25) is 0 Å². The van der Waals surface area contributed by atoms with Gasteiger partial charge in [0, 0.05) is 6.42 Å². The van der Waals surface area contributed by atoms with Crippen LogP contribution in [0.1, 0.15) is 17.0 Å². The van der Waals surface area contributed by atoms with E-state index in [9.17, 15) is 0 Å². The van der Waals surface area contributed by atoms with Gasteiger partial charge in [-0.1, -0.05) is 24.3 Å². The number of rotatable bonds is 3. The molecule has 0 saturated carbocycles. The maximum absolute atomic E-state index is 5.65. The van der Waals surface area contributed by atoms with Crippen LogP contribution in [0, 0.1) is 6.92 Å². The Hall–Kier alpha value is -2.36. The van der Waals surface area contributed by atoms with Crippen molar-refractivity contribution in [2.75, 3.05) is 5.73 Å². The van der Waals surface area contributed by atoms with Crippen molar-refractivity contribution in [1.29, 1.82) is 0 Å². The van der Waals surface area contributed by atoms with Crippen LogP contribution >= 0.6 is 0 Å². The average molecular weight is 252 g/mol. The summed E-state index contributed by atoms with van der Waals surface area (Å²) in [4.78, 5) is 12.0. The minimum absolute atomic E-state index is 0.504. The predicted octanol–water partition coefficient (Wildman–Crippen LogP) is 2.63. The maximum Gasteiger partial charge on any atom is 0.179 e. The molecule has 0 bridgehead atoms. The Morgan fingerprint density at radius 3 is 2.74 bits per heavy atom. The van der Waals surface area contributed by atoms with Crippen molar-refractivity contribution in [2.24, 2.45) is 0 Å². The Labute approximate surface area is 111 Å². The second kappa shape index (κ2) is 4.72. The molecule has 3 N–H and O–H groups in total. The van der Waals surface area contributed by atoms with Gasteiger partial charge in [-0.25, -0.2) is 9.97 Å². The minimum atomic E-state index is 0.504. The number of nitrogens with two attached hydrogens (primary N) is 1. The van der Waals surface area contributed by atoms with Crippen LogP contribution in [0.25, 0.3) is 11.2 Å². The van der Waals surface area contributed by atoms with Crippen LogP contribution in [0.4, 0.5) is 5.82 Å². The topological polar surface area (TPSA) is 67.6 Å². The van der Waals surface area contributed by atoms with Crippen molar-refractivity contribution in [3.05, 3.63) is 53.3 Å². The molecule has 19 heavy (non-hydrogen) atoms. The molecule has 0 aliphatic heterocycles. The molecule has 3 aromatic rings. The normalized spacial score (nSPS) is 11.0. The number of H-pyrrole nitrogens is 1. The molecule has 0 spiro atoms. The fraction of sp³-hybridized carbons (Fsp3) is 0.200. The van der Waals surface area contributed by atoms with E-state index in [1.54, 1.807) is 6.07 Å². The van der Waals surface area contributed by atoms with E-state index in [4.69, 9.17) is 5.73 Å². The van der Waals surface area contributed by atoms with Gasteiger partial charge in [0.25, 0.3) is 0 Å². The first kappa shape index (κ1) is 11.7. The van der Waals surface area contributed by atoms with Crippen LogP contribution in [0.15, 0.2) is 36.4 Å². The summed E-state index contributed by atoms with van der Waals surface area (Å²) in [7, 11) is 0. The smallest absolute Gasteiger partial charge is 0.179 e. The number of hydrogen-bond acceptors (Lipinski definition) is 3. The summed E-state index contributed by atoms with van der Waals surface area (Å²) in [6.07, 6.45) is 1.85. The third-order valence-electron chi connectivity index (χ3n) is 3.31. The second-order valence-electron chi connectivity index (χ2n) is 4.72. The van der Waals surface area contributed by atoms with E-state index in [-0.39, 0.29) is 0 Å². The monoisotopic (exact) mass is 252 g/mol. The van der Waals surface area contributed by atoms with Gasteiger partial charge in [0.1, 0.15) is 11.6 Å². The quantitative estimate of drug-likeness (QED) is 0.753.